The first kappa shape index (κ1) is 17.2. The standard InChI is InChI=1S/C20H21N5O2/c1-23-14-16(15-5-2-3-6-18(15)23)19(26)24-9-4-10-25(12-11-24)20(27)17-13-21-7-8-22-17/h2-3,5-8,13-14H,4,9-12H2,1H3. The second-order valence-electron chi connectivity index (χ2n) is 6.70. The van der Waals surface area contributed by atoms with Crippen molar-refractivity contribution in [3.8, 4) is 0 Å². The van der Waals surface area contributed by atoms with Gasteiger partial charge in [0.15, 0.2) is 0 Å². The fourth-order valence-corrected chi connectivity index (χ4v) is 3.58. The number of hydrogen-bond acceptors (Lipinski definition) is 4. The molecule has 2 aromatic heterocycles. The molecule has 1 aliphatic rings. The molecule has 0 unspecified atom stereocenters. The number of benzene rings is 1. The maximum atomic E-state index is 13.1. The van der Waals surface area contributed by atoms with Gasteiger partial charge in [-0.25, -0.2) is 4.98 Å². The summed E-state index contributed by atoms with van der Waals surface area (Å²) in [5.74, 6) is -0.122. The molecule has 0 atom stereocenters. The van der Waals surface area contributed by atoms with E-state index in [4.69, 9.17) is 0 Å². The molecule has 1 saturated heterocycles. The van der Waals surface area contributed by atoms with Crippen LogP contribution in [-0.4, -0.2) is 62.3 Å². The van der Waals surface area contributed by atoms with Gasteiger partial charge in [-0.05, 0) is 12.5 Å². The van der Waals surface area contributed by atoms with Crippen molar-refractivity contribution in [3.63, 3.8) is 0 Å². The summed E-state index contributed by atoms with van der Waals surface area (Å²) in [6, 6.07) is 7.90. The molecule has 7 nitrogen and oxygen atoms in total. The van der Waals surface area contributed by atoms with Crippen molar-refractivity contribution in [2.24, 2.45) is 7.05 Å². The van der Waals surface area contributed by atoms with Crippen molar-refractivity contribution in [1.29, 1.82) is 0 Å². The quantitative estimate of drug-likeness (QED) is 0.698. The maximum absolute atomic E-state index is 13.1. The van der Waals surface area contributed by atoms with Gasteiger partial charge in [0.05, 0.1) is 11.8 Å². The third kappa shape index (κ3) is 3.28. The van der Waals surface area contributed by atoms with E-state index in [0.717, 1.165) is 17.3 Å². The normalized spacial score (nSPS) is 15.0. The molecular weight excluding hydrogens is 342 g/mol. The lowest BCUT2D eigenvalue weighted by molar-refractivity contribution is 0.0716. The van der Waals surface area contributed by atoms with Crippen molar-refractivity contribution in [2.75, 3.05) is 26.2 Å². The predicted octanol–water partition coefficient (Wildman–Crippen LogP) is 1.96. The minimum Gasteiger partial charge on any atom is -0.350 e. The summed E-state index contributed by atoms with van der Waals surface area (Å²) in [5, 5.41) is 0.960. The van der Waals surface area contributed by atoms with Crippen LogP contribution in [0.5, 0.6) is 0 Å². The molecule has 2 amide bonds. The molecular formula is C20H21N5O2. The zero-order valence-electron chi connectivity index (χ0n) is 15.2. The van der Waals surface area contributed by atoms with Crippen molar-refractivity contribution < 1.29 is 9.59 Å². The van der Waals surface area contributed by atoms with Crippen molar-refractivity contribution in [1.82, 2.24) is 24.3 Å². The summed E-state index contributed by atoms with van der Waals surface area (Å²) in [4.78, 5) is 37.3. The predicted molar refractivity (Wildman–Crippen MR) is 101 cm³/mol. The number of para-hydroxylation sites is 1. The Morgan fingerprint density at radius 2 is 1.70 bits per heavy atom. The topological polar surface area (TPSA) is 71.3 Å². The molecule has 1 aromatic carbocycles. The number of fused-ring (bicyclic) bond motifs is 1. The highest BCUT2D eigenvalue weighted by Crippen LogP contribution is 2.22. The summed E-state index contributed by atoms with van der Waals surface area (Å²) in [6.07, 6.45) is 7.17. The Morgan fingerprint density at radius 1 is 0.963 bits per heavy atom. The van der Waals surface area contributed by atoms with Crippen LogP contribution in [0.3, 0.4) is 0 Å². The highest BCUT2D eigenvalue weighted by molar-refractivity contribution is 6.07. The molecule has 0 radical (unpaired) electrons. The zero-order chi connectivity index (χ0) is 18.8. The van der Waals surface area contributed by atoms with E-state index in [9.17, 15) is 9.59 Å². The second kappa shape index (κ2) is 7.19. The van der Waals surface area contributed by atoms with Crippen LogP contribution in [0.4, 0.5) is 0 Å². The number of rotatable bonds is 2. The van der Waals surface area contributed by atoms with Crippen LogP contribution < -0.4 is 0 Å². The van der Waals surface area contributed by atoms with Gasteiger partial charge < -0.3 is 14.4 Å². The van der Waals surface area contributed by atoms with Gasteiger partial charge in [-0.3, -0.25) is 14.6 Å². The van der Waals surface area contributed by atoms with E-state index in [-0.39, 0.29) is 11.8 Å². The van der Waals surface area contributed by atoms with E-state index >= 15 is 0 Å². The highest BCUT2D eigenvalue weighted by atomic mass is 16.2. The number of aromatic nitrogens is 3. The van der Waals surface area contributed by atoms with E-state index in [2.05, 4.69) is 9.97 Å². The third-order valence-corrected chi connectivity index (χ3v) is 4.98. The molecule has 0 N–H and O–H groups in total. The van der Waals surface area contributed by atoms with Gasteiger partial charge in [-0.2, -0.15) is 0 Å². The average Bonchev–Trinajstić information content (AvgIpc) is 2.89. The van der Waals surface area contributed by atoms with Gasteiger partial charge in [-0.15, -0.1) is 0 Å². The molecule has 0 saturated carbocycles. The number of hydrogen-bond donors (Lipinski definition) is 0. The summed E-state index contributed by atoms with van der Waals surface area (Å²) in [7, 11) is 1.95. The van der Waals surface area contributed by atoms with Gasteiger partial charge in [0, 0.05) is 62.7 Å². The van der Waals surface area contributed by atoms with Crippen LogP contribution in [0.2, 0.25) is 0 Å². The first-order valence-electron chi connectivity index (χ1n) is 9.04. The van der Waals surface area contributed by atoms with Crippen molar-refractivity contribution in [3.05, 3.63) is 60.3 Å². The molecule has 1 fully saturated rings. The Balaban J connectivity index is 1.51. The zero-order valence-corrected chi connectivity index (χ0v) is 15.2. The Bertz CT molecular complexity index is 982. The van der Waals surface area contributed by atoms with Crippen LogP contribution in [0.15, 0.2) is 49.1 Å². The maximum Gasteiger partial charge on any atom is 0.274 e. The summed E-state index contributed by atoms with van der Waals surface area (Å²) in [5.41, 5.74) is 2.09. The molecule has 0 bridgehead atoms. The van der Waals surface area contributed by atoms with Crippen molar-refractivity contribution >= 4 is 22.7 Å². The molecule has 3 heterocycles. The molecule has 3 aromatic rings. The van der Waals surface area contributed by atoms with Gasteiger partial charge in [0.1, 0.15) is 5.69 Å². The molecule has 0 aliphatic carbocycles. The number of carbonyl (C=O) groups is 2. The van der Waals surface area contributed by atoms with Crippen LogP contribution in [0.25, 0.3) is 10.9 Å². The second-order valence-corrected chi connectivity index (χ2v) is 6.70. The largest absolute Gasteiger partial charge is 0.350 e. The van der Waals surface area contributed by atoms with Crippen LogP contribution >= 0.6 is 0 Å². The van der Waals surface area contributed by atoms with Gasteiger partial charge in [0.2, 0.25) is 0 Å². The average molecular weight is 363 g/mol. The SMILES string of the molecule is Cn1cc(C(=O)N2CCCN(C(=O)c3cnccn3)CC2)c2ccccc21. The van der Waals surface area contributed by atoms with Crippen LogP contribution in [0.1, 0.15) is 27.3 Å². The lowest BCUT2D eigenvalue weighted by Crippen LogP contribution is -2.37. The van der Waals surface area contributed by atoms with Gasteiger partial charge >= 0.3 is 0 Å². The first-order valence-corrected chi connectivity index (χ1v) is 9.04. The molecule has 7 heteroatoms. The summed E-state index contributed by atoms with van der Waals surface area (Å²) < 4.78 is 1.98. The molecule has 27 heavy (non-hydrogen) atoms. The third-order valence-electron chi connectivity index (χ3n) is 4.98. The monoisotopic (exact) mass is 363 g/mol. The van der Waals surface area contributed by atoms with E-state index in [1.807, 2.05) is 47.0 Å². The Labute approximate surface area is 157 Å². The van der Waals surface area contributed by atoms with E-state index < -0.39 is 0 Å². The minimum absolute atomic E-state index is 0.0144. The van der Waals surface area contributed by atoms with Crippen LogP contribution in [0, 0.1) is 0 Å². The highest BCUT2D eigenvalue weighted by Gasteiger charge is 2.25. The number of amides is 2. The minimum atomic E-state index is -0.137. The number of aryl methyl sites for hydroxylation is 1. The lowest BCUT2D eigenvalue weighted by atomic mass is 10.1. The van der Waals surface area contributed by atoms with Crippen molar-refractivity contribution in [2.45, 2.75) is 6.42 Å². The molecule has 138 valence electrons. The first-order chi connectivity index (χ1) is 13.1. The smallest absolute Gasteiger partial charge is 0.274 e. The molecule has 0 spiro atoms. The fraction of sp³-hybridized carbons (Fsp3) is 0.300. The van der Waals surface area contributed by atoms with E-state index in [1.54, 1.807) is 11.1 Å². The Kier molecular flexibility index (Phi) is 4.58. The summed E-state index contributed by atoms with van der Waals surface area (Å²) >= 11 is 0. The number of nitrogens with zero attached hydrogens (tertiary/aromatic N) is 5. The van der Waals surface area contributed by atoms with Gasteiger partial charge in [0.25, 0.3) is 11.8 Å². The fourth-order valence-electron chi connectivity index (χ4n) is 3.58. The Hall–Kier alpha value is -3.22. The van der Waals surface area contributed by atoms with Crippen LogP contribution in [-0.2, 0) is 7.05 Å². The van der Waals surface area contributed by atoms with E-state index in [0.29, 0.717) is 37.4 Å². The lowest BCUT2D eigenvalue weighted by Gasteiger charge is -2.21. The summed E-state index contributed by atoms with van der Waals surface area (Å²) in [6.45, 7) is 2.24. The Morgan fingerprint density at radius 3 is 2.44 bits per heavy atom. The van der Waals surface area contributed by atoms with E-state index in [1.165, 1.54) is 12.4 Å². The number of carbonyl (C=O) groups excluding carboxylic acids is 2. The van der Waals surface area contributed by atoms with Gasteiger partial charge in [-0.1, -0.05) is 18.2 Å². The molecule has 4 rings (SSSR count). The molecule has 1 aliphatic heterocycles.